The van der Waals surface area contributed by atoms with Crippen molar-refractivity contribution in [1.29, 1.82) is 0 Å². The highest BCUT2D eigenvalue weighted by atomic mass is 16.3. The van der Waals surface area contributed by atoms with Gasteiger partial charge in [-0.15, -0.1) is 0 Å². The molecule has 3 heteroatoms. The molecule has 0 spiro atoms. The van der Waals surface area contributed by atoms with Crippen molar-refractivity contribution in [3.8, 4) is 0 Å². The van der Waals surface area contributed by atoms with Gasteiger partial charge in [-0.05, 0) is 24.7 Å². The van der Waals surface area contributed by atoms with E-state index in [9.17, 15) is 5.11 Å². The van der Waals surface area contributed by atoms with E-state index in [1.807, 2.05) is 0 Å². The highest BCUT2D eigenvalue weighted by Gasteiger charge is 2.29. The first kappa shape index (κ1) is 17.9. The molecule has 120 valence electrons. The van der Waals surface area contributed by atoms with E-state index >= 15 is 0 Å². The van der Waals surface area contributed by atoms with Gasteiger partial charge in [-0.25, -0.2) is 0 Å². The van der Waals surface area contributed by atoms with Gasteiger partial charge in [0.25, 0.3) is 0 Å². The molecule has 1 rings (SSSR count). The largest absolute Gasteiger partial charge is 0.395 e. The standard InChI is InChI=1S/C17H36N2O/c1-5-17(4,13-18-15(2)3)14-19(11-12-20)16-9-7-6-8-10-16/h15-16,18,20H,5-14H2,1-4H3. The van der Waals surface area contributed by atoms with Gasteiger partial charge in [0.1, 0.15) is 0 Å². The van der Waals surface area contributed by atoms with E-state index in [1.165, 1.54) is 38.5 Å². The highest BCUT2D eigenvalue weighted by Crippen LogP contribution is 2.28. The van der Waals surface area contributed by atoms with Crippen LogP contribution in [0.3, 0.4) is 0 Å². The zero-order valence-corrected chi connectivity index (χ0v) is 14.1. The summed E-state index contributed by atoms with van der Waals surface area (Å²) in [5.41, 5.74) is 0.302. The summed E-state index contributed by atoms with van der Waals surface area (Å²) in [6.07, 6.45) is 7.93. The van der Waals surface area contributed by atoms with E-state index in [4.69, 9.17) is 0 Å². The Bertz CT molecular complexity index is 251. The van der Waals surface area contributed by atoms with E-state index in [0.717, 1.165) is 19.6 Å². The lowest BCUT2D eigenvalue weighted by atomic mass is 9.84. The van der Waals surface area contributed by atoms with Crippen LogP contribution in [0.4, 0.5) is 0 Å². The Kier molecular flexibility index (Phi) is 8.08. The van der Waals surface area contributed by atoms with Crippen LogP contribution in [0.25, 0.3) is 0 Å². The molecule has 1 aliphatic rings. The SMILES string of the molecule is CCC(C)(CNC(C)C)CN(CCO)C1CCCCC1. The van der Waals surface area contributed by atoms with Crippen molar-refractivity contribution in [1.82, 2.24) is 10.2 Å². The van der Waals surface area contributed by atoms with Crippen molar-refractivity contribution >= 4 is 0 Å². The number of nitrogens with zero attached hydrogens (tertiary/aromatic N) is 1. The van der Waals surface area contributed by atoms with Gasteiger partial charge < -0.3 is 10.4 Å². The second-order valence-electron chi connectivity index (χ2n) is 7.19. The lowest BCUT2D eigenvalue weighted by Gasteiger charge is -2.41. The predicted molar refractivity (Wildman–Crippen MR) is 87.1 cm³/mol. The Balaban J connectivity index is 2.59. The Morgan fingerprint density at radius 3 is 2.40 bits per heavy atom. The summed E-state index contributed by atoms with van der Waals surface area (Å²) in [7, 11) is 0. The average molecular weight is 284 g/mol. The van der Waals surface area contributed by atoms with Crippen LogP contribution in [-0.2, 0) is 0 Å². The molecule has 0 aliphatic heterocycles. The fraction of sp³-hybridized carbons (Fsp3) is 1.00. The van der Waals surface area contributed by atoms with Crippen LogP contribution in [0.15, 0.2) is 0 Å². The molecule has 0 saturated heterocycles. The predicted octanol–water partition coefficient (Wildman–Crippen LogP) is 3.03. The molecule has 1 saturated carbocycles. The Hall–Kier alpha value is -0.120. The summed E-state index contributed by atoms with van der Waals surface area (Å²) in [5.74, 6) is 0. The minimum atomic E-state index is 0.286. The van der Waals surface area contributed by atoms with Crippen molar-refractivity contribution in [2.75, 3.05) is 26.2 Å². The third-order valence-corrected chi connectivity index (χ3v) is 4.85. The van der Waals surface area contributed by atoms with E-state index < -0.39 is 0 Å². The smallest absolute Gasteiger partial charge is 0.0558 e. The van der Waals surface area contributed by atoms with Crippen molar-refractivity contribution < 1.29 is 5.11 Å². The maximum atomic E-state index is 9.40. The zero-order chi connectivity index (χ0) is 15.0. The number of nitrogens with one attached hydrogen (secondary N) is 1. The molecule has 1 aliphatic carbocycles. The monoisotopic (exact) mass is 284 g/mol. The van der Waals surface area contributed by atoms with Gasteiger partial charge in [0.15, 0.2) is 0 Å². The first-order chi connectivity index (χ1) is 9.50. The quantitative estimate of drug-likeness (QED) is 0.683. The van der Waals surface area contributed by atoms with Gasteiger partial charge in [-0.1, -0.05) is 47.0 Å². The molecular weight excluding hydrogens is 248 g/mol. The van der Waals surface area contributed by atoms with Crippen molar-refractivity contribution in [2.24, 2.45) is 5.41 Å². The summed E-state index contributed by atoms with van der Waals surface area (Å²) >= 11 is 0. The molecule has 0 aromatic rings. The molecule has 0 radical (unpaired) electrons. The summed E-state index contributed by atoms with van der Waals surface area (Å²) in [4.78, 5) is 2.56. The minimum Gasteiger partial charge on any atom is -0.395 e. The Morgan fingerprint density at radius 1 is 1.25 bits per heavy atom. The van der Waals surface area contributed by atoms with Crippen LogP contribution < -0.4 is 5.32 Å². The van der Waals surface area contributed by atoms with Crippen LogP contribution in [0.2, 0.25) is 0 Å². The van der Waals surface area contributed by atoms with Crippen molar-refractivity contribution in [3.63, 3.8) is 0 Å². The third-order valence-electron chi connectivity index (χ3n) is 4.85. The molecule has 1 fully saturated rings. The normalized spacial score (nSPS) is 20.6. The van der Waals surface area contributed by atoms with Crippen LogP contribution in [0.5, 0.6) is 0 Å². The first-order valence-electron chi connectivity index (χ1n) is 8.59. The van der Waals surface area contributed by atoms with Gasteiger partial charge in [0.2, 0.25) is 0 Å². The van der Waals surface area contributed by atoms with E-state index in [2.05, 4.69) is 37.9 Å². The molecule has 1 unspecified atom stereocenters. The van der Waals surface area contributed by atoms with Crippen molar-refractivity contribution in [2.45, 2.75) is 78.3 Å². The van der Waals surface area contributed by atoms with Crippen LogP contribution in [-0.4, -0.2) is 48.3 Å². The number of aliphatic hydroxyl groups excluding tert-OH is 1. The van der Waals surface area contributed by atoms with Gasteiger partial charge in [-0.3, -0.25) is 4.90 Å². The molecule has 0 bridgehead atoms. The van der Waals surface area contributed by atoms with Crippen molar-refractivity contribution in [3.05, 3.63) is 0 Å². The lowest BCUT2D eigenvalue weighted by molar-refractivity contribution is 0.0731. The Morgan fingerprint density at radius 2 is 1.90 bits per heavy atom. The molecule has 2 N–H and O–H groups in total. The van der Waals surface area contributed by atoms with Gasteiger partial charge in [-0.2, -0.15) is 0 Å². The summed E-state index contributed by atoms with van der Waals surface area (Å²) < 4.78 is 0. The number of hydrogen-bond acceptors (Lipinski definition) is 3. The van der Waals surface area contributed by atoms with E-state index in [1.54, 1.807) is 0 Å². The molecule has 0 heterocycles. The average Bonchev–Trinajstić information content (AvgIpc) is 2.46. The minimum absolute atomic E-state index is 0.286. The number of aliphatic hydroxyl groups is 1. The lowest BCUT2D eigenvalue weighted by Crippen LogP contribution is -2.48. The second kappa shape index (κ2) is 9.01. The molecule has 0 aromatic carbocycles. The summed E-state index contributed by atoms with van der Waals surface area (Å²) in [6.45, 7) is 12.4. The van der Waals surface area contributed by atoms with Crippen LogP contribution >= 0.6 is 0 Å². The molecular formula is C17H36N2O. The van der Waals surface area contributed by atoms with Gasteiger partial charge in [0.05, 0.1) is 6.61 Å². The van der Waals surface area contributed by atoms with Gasteiger partial charge >= 0.3 is 0 Å². The fourth-order valence-corrected chi connectivity index (χ4v) is 3.20. The maximum Gasteiger partial charge on any atom is 0.0558 e. The topological polar surface area (TPSA) is 35.5 Å². The molecule has 0 amide bonds. The summed E-state index contributed by atoms with van der Waals surface area (Å²) in [5, 5.41) is 13.0. The van der Waals surface area contributed by atoms with Crippen LogP contribution in [0.1, 0.15) is 66.2 Å². The second-order valence-corrected chi connectivity index (χ2v) is 7.19. The first-order valence-corrected chi connectivity index (χ1v) is 8.59. The number of hydrogen-bond donors (Lipinski definition) is 2. The van der Waals surface area contributed by atoms with Gasteiger partial charge in [0, 0.05) is 31.7 Å². The zero-order valence-electron chi connectivity index (χ0n) is 14.1. The van der Waals surface area contributed by atoms with Crippen LogP contribution in [0, 0.1) is 5.41 Å². The highest BCUT2D eigenvalue weighted by molar-refractivity contribution is 4.84. The molecule has 1 atom stereocenters. The third kappa shape index (κ3) is 6.11. The molecule has 0 aromatic heterocycles. The summed E-state index contributed by atoms with van der Waals surface area (Å²) in [6, 6.07) is 1.24. The fourth-order valence-electron chi connectivity index (χ4n) is 3.20. The molecule has 3 nitrogen and oxygen atoms in total. The van der Waals surface area contributed by atoms with E-state index in [0.29, 0.717) is 17.5 Å². The Labute approximate surface area is 126 Å². The molecule has 20 heavy (non-hydrogen) atoms. The number of rotatable bonds is 9. The maximum absolute atomic E-state index is 9.40. The van der Waals surface area contributed by atoms with E-state index in [-0.39, 0.29) is 6.61 Å².